The van der Waals surface area contributed by atoms with Crippen LogP contribution in [-0.4, -0.2) is 18.6 Å². The highest BCUT2D eigenvalue weighted by atomic mass is 35.5. The number of rotatable bonds is 5. The molecule has 0 aliphatic heterocycles. The average Bonchev–Trinajstić information content (AvgIpc) is 2.26. The van der Waals surface area contributed by atoms with Gasteiger partial charge >= 0.3 is 0 Å². The molecule has 0 aromatic heterocycles. The molecule has 0 aliphatic carbocycles. The van der Waals surface area contributed by atoms with Crippen molar-refractivity contribution in [1.82, 2.24) is 0 Å². The van der Waals surface area contributed by atoms with Crippen molar-refractivity contribution in [2.75, 3.05) is 13.7 Å². The molecule has 1 rings (SSSR count). The van der Waals surface area contributed by atoms with Crippen LogP contribution in [0.15, 0.2) is 18.3 Å². The standard InChI is InChI=1S/C11H12ClNO4/c1-3-17-10-7-8(4-5-13(14)15)6-9(12)11(10)16-2/h4-7H,3H2,1-2H3. The zero-order valence-corrected chi connectivity index (χ0v) is 10.2. The summed E-state index contributed by atoms with van der Waals surface area (Å²) in [5, 5.41) is 10.6. The highest BCUT2D eigenvalue weighted by Crippen LogP contribution is 2.36. The third kappa shape index (κ3) is 3.64. The highest BCUT2D eigenvalue weighted by Gasteiger charge is 2.10. The van der Waals surface area contributed by atoms with Crippen LogP contribution >= 0.6 is 11.6 Å². The third-order valence-corrected chi connectivity index (χ3v) is 2.21. The molecule has 0 fully saturated rings. The molecule has 92 valence electrons. The number of halogens is 1. The maximum atomic E-state index is 10.2. The second kappa shape index (κ2) is 6.10. The number of methoxy groups -OCH3 is 1. The molecule has 0 unspecified atom stereocenters. The Hall–Kier alpha value is -1.75. The summed E-state index contributed by atoms with van der Waals surface area (Å²) in [6.45, 7) is 2.28. The van der Waals surface area contributed by atoms with Crippen LogP contribution in [0.5, 0.6) is 11.5 Å². The van der Waals surface area contributed by atoms with Gasteiger partial charge in [0.2, 0.25) is 6.20 Å². The van der Waals surface area contributed by atoms with Gasteiger partial charge in [0.1, 0.15) is 0 Å². The summed E-state index contributed by atoms with van der Waals surface area (Å²) in [6.07, 6.45) is 2.18. The first kappa shape index (κ1) is 13.3. The molecule has 1 aromatic carbocycles. The fourth-order valence-corrected chi connectivity index (χ4v) is 1.59. The van der Waals surface area contributed by atoms with Crippen LogP contribution in [-0.2, 0) is 0 Å². The topological polar surface area (TPSA) is 61.6 Å². The smallest absolute Gasteiger partial charge is 0.235 e. The summed E-state index contributed by atoms with van der Waals surface area (Å²) in [6, 6.07) is 3.21. The molecular formula is C11H12ClNO4. The van der Waals surface area contributed by atoms with Gasteiger partial charge in [0, 0.05) is 6.08 Å². The summed E-state index contributed by atoms with van der Waals surface area (Å²) < 4.78 is 10.4. The number of benzene rings is 1. The minimum absolute atomic E-state index is 0.349. The zero-order valence-electron chi connectivity index (χ0n) is 9.47. The first-order chi connectivity index (χ1) is 8.08. The summed E-state index contributed by atoms with van der Waals surface area (Å²) in [5.74, 6) is 0.886. The Kier molecular flexibility index (Phi) is 4.78. The predicted octanol–water partition coefficient (Wildman–Crippen LogP) is 2.99. The first-order valence-electron chi connectivity index (χ1n) is 4.90. The van der Waals surface area contributed by atoms with Gasteiger partial charge in [-0.05, 0) is 24.6 Å². The van der Waals surface area contributed by atoms with Gasteiger partial charge in [-0.15, -0.1) is 0 Å². The molecule has 0 saturated carbocycles. The summed E-state index contributed by atoms with van der Waals surface area (Å²) >= 11 is 5.98. The fraction of sp³-hybridized carbons (Fsp3) is 0.273. The van der Waals surface area contributed by atoms with Crippen LogP contribution in [0.2, 0.25) is 5.02 Å². The van der Waals surface area contributed by atoms with Crippen molar-refractivity contribution in [3.05, 3.63) is 39.0 Å². The largest absolute Gasteiger partial charge is 0.491 e. The van der Waals surface area contributed by atoms with Crippen LogP contribution in [0, 0.1) is 10.1 Å². The van der Waals surface area contributed by atoms with E-state index in [4.69, 9.17) is 21.1 Å². The van der Waals surface area contributed by atoms with E-state index in [0.29, 0.717) is 28.7 Å². The summed E-state index contributed by atoms with van der Waals surface area (Å²) in [5.41, 5.74) is 0.580. The molecule has 0 N–H and O–H groups in total. The lowest BCUT2D eigenvalue weighted by Gasteiger charge is -2.11. The van der Waals surface area contributed by atoms with Crippen LogP contribution < -0.4 is 9.47 Å². The molecule has 17 heavy (non-hydrogen) atoms. The minimum atomic E-state index is -0.543. The lowest BCUT2D eigenvalue weighted by molar-refractivity contribution is -0.400. The fourth-order valence-electron chi connectivity index (χ4n) is 1.29. The Morgan fingerprint density at radius 1 is 1.53 bits per heavy atom. The molecule has 6 heteroatoms. The van der Waals surface area contributed by atoms with E-state index in [1.54, 1.807) is 12.1 Å². The molecule has 0 radical (unpaired) electrons. The van der Waals surface area contributed by atoms with E-state index in [0.717, 1.165) is 6.20 Å². The molecular weight excluding hydrogens is 246 g/mol. The number of hydrogen-bond acceptors (Lipinski definition) is 4. The summed E-state index contributed by atoms with van der Waals surface area (Å²) in [7, 11) is 1.48. The monoisotopic (exact) mass is 257 g/mol. The van der Waals surface area contributed by atoms with E-state index in [2.05, 4.69) is 0 Å². The van der Waals surface area contributed by atoms with E-state index >= 15 is 0 Å². The lowest BCUT2D eigenvalue weighted by atomic mass is 10.2. The second-order valence-electron chi connectivity index (χ2n) is 3.07. The maximum absolute atomic E-state index is 10.2. The number of ether oxygens (including phenoxy) is 2. The van der Waals surface area contributed by atoms with Crippen molar-refractivity contribution in [3.63, 3.8) is 0 Å². The van der Waals surface area contributed by atoms with Crippen molar-refractivity contribution >= 4 is 17.7 Å². The SMILES string of the molecule is CCOc1cc(C=C[N+](=O)[O-])cc(Cl)c1OC. The van der Waals surface area contributed by atoms with Crippen LogP contribution in [0.25, 0.3) is 6.08 Å². The van der Waals surface area contributed by atoms with E-state index < -0.39 is 4.92 Å². The molecule has 5 nitrogen and oxygen atoms in total. The van der Waals surface area contributed by atoms with Gasteiger partial charge in [0.05, 0.1) is 23.7 Å². The number of hydrogen-bond donors (Lipinski definition) is 0. The lowest BCUT2D eigenvalue weighted by Crippen LogP contribution is -1.96. The van der Waals surface area contributed by atoms with Crippen LogP contribution in [0.4, 0.5) is 0 Å². The Morgan fingerprint density at radius 3 is 2.76 bits per heavy atom. The zero-order chi connectivity index (χ0) is 12.8. The van der Waals surface area contributed by atoms with Crippen molar-refractivity contribution in [1.29, 1.82) is 0 Å². The van der Waals surface area contributed by atoms with Crippen LogP contribution in [0.3, 0.4) is 0 Å². The maximum Gasteiger partial charge on any atom is 0.235 e. The second-order valence-corrected chi connectivity index (χ2v) is 3.48. The van der Waals surface area contributed by atoms with Crippen molar-refractivity contribution in [2.24, 2.45) is 0 Å². The molecule has 0 bridgehead atoms. The normalized spacial score (nSPS) is 10.5. The molecule has 1 aromatic rings. The van der Waals surface area contributed by atoms with Gasteiger partial charge in [-0.3, -0.25) is 10.1 Å². The Labute approximate surface area is 104 Å². The van der Waals surface area contributed by atoms with Gasteiger partial charge in [-0.2, -0.15) is 0 Å². The Bertz CT molecular complexity index is 445. The Balaban J connectivity index is 3.14. The van der Waals surface area contributed by atoms with E-state index in [1.807, 2.05) is 6.92 Å². The highest BCUT2D eigenvalue weighted by molar-refractivity contribution is 6.32. The number of nitro groups is 1. The molecule has 0 spiro atoms. The van der Waals surface area contributed by atoms with E-state index in [1.165, 1.54) is 13.2 Å². The van der Waals surface area contributed by atoms with Gasteiger partial charge in [0.15, 0.2) is 11.5 Å². The molecule has 0 amide bonds. The van der Waals surface area contributed by atoms with Gasteiger partial charge in [-0.25, -0.2) is 0 Å². The van der Waals surface area contributed by atoms with Gasteiger partial charge < -0.3 is 9.47 Å². The molecule has 0 saturated heterocycles. The van der Waals surface area contributed by atoms with Crippen molar-refractivity contribution < 1.29 is 14.4 Å². The average molecular weight is 258 g/mol. The van der Waals surface area contributed by atoms with Crippen molar-refractivity contribution in [3.8, 4) is 11.5 Å². The molecule has 0 atom stereocenters. The van der Waals surface area contributed by atoms with Crippen molar-refractivity contribution in [2.45, 2.75) is 6.92 Å². The van der Waals surface area contributed by atoms with Gasteiger partial charge in [0.25, 0.3) is 0 Å². The first-order valence-corrected chi connectivity index (χ1v) is 5.28. The van der Waals surface area contributed by atoms with Crippen LogP contribution in [0.1, 0.15) is 12.5 Å². The van der Waals surface area contributed by atoms with E-state index in [-0.39, 0.29) is 0 Å². The third-order valence-electron chi connectivity index (χ3n) is 1.92. The van der Waals surface area contributed by atoms with Gasteiger partial charge in [-0.1, -0.05) is 11.6 Å². The molecule has 0 heterocycles. The Morgan fingerprint density at radius 2 is 2.24 bits per heavy atom. The minimum Gasteiger partial charge on any atom is -0.491 e. The molecule has 0 aliphatic rings. The van der Waals surface area contributed by atoms with E-state index in [9.17, 15) is 10.1 Å². The quantitative estimate of drug-likeness (QED) is 0.601. The predicted molar refractivity (Wildman–Crippen MR) is 65.2 cm³/mol. The summed E-state index contributed by atoms with van der Waals surface area (Å²) in [4.78, 5) is 9.68. The number of nitrogens with zero attached hydrogens (tertiary/aromatic N) is 1.